The highest BCUT2D eigenvalue weighted by Gasteiger charge is 2.48. The molecule has 0 aliphatic rings. The molecule has 0 saturated heterocycles. The van der Waals surface area contributed by atoms with Crippen molar-refractivity contribution in [2.75, 3.05) is 6.54 Å². The lowest BCUT2D eigenvalue weighted by Gasteiger charge is -2.32. The molecular weight excluding hydrogens is 278 g/mol. The molecule has 1 unspecified atom stereocenters. The molecule has 0 heterocycles. The summed E-state index contributed by atoms with van der Waals surface area (Å²) >= 11 is 0. The molecule has 2 nitrogen and oxygen atoms in total. The van der Waals surface area contributed by atoms with Gasteiger partial charge < -0.3 is 10.8 Å². The maximum atomic E-state index is 13.2. The zero-order chi connectivity index (χ0) is 11.7. The summed E-state index contributed by atoms with van der Waals surface area (Å²) in [6.07, 6.45) is 0. The fraction of sp³-hybridized carbons (Fsp3) is 0.400. The van der Waals surface area contributed by atoms with E-state index in [0.29, 0.717) is 0 Å². The Kier molecular flexibility index (Phi) is 7.15. The first-order valence-electron chi connectivity index (χ1n) is 4.37. The lowest BCUT2D eigenvalue weighted by molar-refractivity contribution is -0.170. The van der Waals surface area contributed by atoms with Crippen LogP contribution >= 0.6 is 24.8 Å². The summed E-state index contributed by atoms with van der Waals surface area (Å²) in [5.74, 6) is -4.00. The van der Waals surface area contributed by atoms with E-state index in [-0.39, 0.29) is 30.4 Å². The van der Waals surface area contributed by atoms with Gasteiger partial charge in [-0.3, -0.25) is 0 Å². The number of halogens is 5. The average Bonchev–Trinajstić information content (AvgIpc) is 2.18. The first-order chi connectivity index (χ1) is 6.81. The fourth-order valence-corrected chi connectivity index (χ4v) is 1.18. The van der Waals surface area contributed by atoms with E-state index in [1.165, 1.54) is 0 Å². The van der Waals surface area contributed by atoms with Gasteiger partial charge in [-0.1, -0.05) is 12.1 Å². The Hall–Kier alpha value is -0.490. The number of hydrogen-bond acceptors (Lipinski definition) is 2. The van der Waals surface area contributed by atoms with Crippen LogP contribution in [0, 0.1) is 5.82 Å². The van der Waals surface area contributed by atoms with Crippen LogP contribution in [0.4, 0.5) is 13.2 Å². The zero-order valence-corrected chi connectivity index (χ0v) is 10.6. The standard InChI is InChI=1S/C10H12F3NO.2ClH/c1-9(15,10(12,13)6-14)7-2-4-8(11)5-3-7;;/h2-5,15H,6,14H2,1H3;2*1H. The molecule has 7 heteroatoms. The van der Waals surface area contributed by atoms with Gasteiger partial charge in [0, 0.05) is 0 Å². The van der Waals surface area contributed by atoms with E-state index in [9.17, 15) is 18.3 Å². The molecule has 0 amide bonds. The molecule has 1 aromatic carbocycles. The Balaban J connectivity index is 0. The molecule has 1 aromatic rings. The van der Waals surface area contributed by atoms with Crippen molar-refractivity contribution in [1.29, 1.82) is 0 Å². The SMILES string of the molecule is CC(O)(c1ccc(F)cc1)C(F)(F)CN.Cl.Cl. The van der Waals surface area contributed by atoms with Gasteiger partial charge in [-0.2, -0.15) is 0 Å². The monoisotopic (exact) mass is 291 g/mol. The van der Waals surface area contributed by atoms with Gasteiger partial charge in [0.15, 0.2) is 5.60 Å². The highest BCUT2D eigenvalue weighted by atomic mass is 35.5. The molecule has 0 fully saturated rings. The predicted octanol–water partition coefficient (Wildman–Crippen LogP) is 2.47. The third kappa shape index (κ3) is 3.74. The van der Waals surface area contributed by atoms with Crippen LogP contribution in [0.2, 0.25) is 0 Å². The summed E-state index contributed by atoms with van der Waals surface area (Å²) in [6, 6.07) is 4.24. The minimum Gasteiger partial charge on any atom is -0.379 e. The Morgan fingerprint density at radius 3 is 1.94 bits per heavy atom. The van der Waals surface area contributed by atoms with Crippen LogP contribution in [0.1, 0.15) is 12.5 Å². The van der Waals surface area contributed by atoms with Gasteiger partial charge in [0.2, 0.25) is 0 Å². The summed E-state index contributed by atoms with van der Waals surface area (Å²) in [5.41, 5.74) is 2.41. The molecule has 0 aromatic heterocycles. The molecule has 3 N–H and O–H groups in total. The minimum atomic E-state index is -3.45. The molecule has 0 radical (unpaired) electrons. The Morgan fingerprint density at radius 1 is 1.18 bits per heavy atom. The normalized spacial score (nSPS) is 14.2. The summed E-state index contributed by atoms with van der Waals surface area (Å²) in [5, 5.41) is 9.65. The van der Waals surface area contributed by atoms with Crippen LogP contribution in [-0.2, 0) is 5.60 Å². The van der Waals surface area contributed by atoms with E-state index in [4.69, 9.17) is 5.73 Å². The maximum Gasteiger partial charge on any atom is 0.291 e. The largest absolute Gasteiger partial charge is 0.379 e. The third-order valence-corrected chi connectivity index (χ3v) is 2.37. The van der Waals surface area contributed by atoms with Gasteiger partial charge in [-0.15, -0.1) is 24.8 Å². The van der Waals surface area contributed by atoms with Crippen molar-refractivity contribution in [3.8, 4) is 0 Å². The quantitative estimate of drug-likeness (QED) is 0.899. The Labute approximate surface area is 110 Å². The summed E-state index contributed by atoms with van der Waals surface area (Å²) in [4.78, 5) is 0. The second kappa shape index (κ2) is 6.44. The van der Waals surface area contributed by atoms with Crippen molar-refractivity contribution < 1.29 is 18.3 Å². The number of alkyl halides is 2. The van der Waals surface area contributed by atoms with Gasteiger partial charge in [0.1, 0.15) is 5.82 Å². The summed E-state index contributed by atoms with van der Waals surface area (Å²) in [7, 11) is 0. The third-order valence-electron chi connectivity index (χ3n) is 2.37. The molecule has 0 aliphatic heterocycles. The zero-order valence-electron chi connectivity index (χ0n) is 8.99. The van der Waals surface area contributed by atoms with E-state index in [0.717, 1.165) is 31.2 Å². The molecule has 17 heavy (non-hydrogen) atoms. The van der Waals surface area contributed by atoms with E-state index >= 15 is 0 Å². The number of hydrogen-bond donors (Lipinski definition) is 2. The van der Waals surface area contributed by atoms with Gasteiger partial charge in [0.05, 0.1) is 6.54 Å². The fourth-order valence-electron chi connectivity index (χ4n) is 1.18. The average molecular weight is 292 g/mol. The minimum absolute atomic E-state index is 0. The van der Waals surface area contributed by atoms with Gasteiger partial charge >= 0.3 is 0 Å². The maximum absolute atomic E-state index is 13.2. The van der Waals surface area contributed by atoms with Crippen LogP contribution in [-0.4, -0.2) is 17.6 Å². The van der Waals surface area contributed by atoms with Crippen molar-refractivity contribution in [2.45, 2.75) is 18.4 Å². The van der Waals surface area contributed by atoms with Crippen molar-refractivity contribution >= 4 is 24.8 Å². The molecular formula is C10H14Cl2F3NO. The molecule has 0 aliphatic carbocycles. The topological polar surface area (TPSA) is 46.2 Å². The van der Waals surface area contributed by atoms with Crippen molar-refractivity contribution in [3.63, 3.8) is 0 Å². The highest BCUT2D eigenvalue weighted by molar-refractivity contribution is 5.85. The van der Waals surface area contributed by atoms with E-state index in [1.807, 2.05) is 0 Å². The Bertz CT molecular complexity index is 344. The number of aliphatic hydroxyl groups is 1. The lowest BCUT2D eigenvalue weighted by atomic mass is 9.89. The summed E-state index contributed by atoms with van der Waals surface area (Å²) < 4.78 is 39.1. The van der Waals surface area contributed by atoms with Crippen molar-refractivity contribution in [1.82, 2.24) is 0 Å². The van der Waals surface area contributed by atoms with E-state index in [1.54, 1.807) is 0 Å². The molecule has 0 saturated carbocycles. The molecule has 0 spiro atoms. The van der Waals surface area contributed by atoms with Gasteiger partial charge in [0.25, 0.3) is 5.92 Å². The van der Waals surface area contributed by atoms with Crippen LogP contribution < -0.4 is 5.73 Å². The first kappa shape index (κ1) is 18.9. The number of benzene rings is 1. The number of nitrogens with two attached hydrogens (primary N) is 1. The van der Waals surface area contributed by atoms with Crippen molar-refractivity contribution in [3.05, 3.63) is 35.6 Å². The molecule has 100 valence electrons. The first-order valence-corrected chi connectivity index (χ1v) is 4.37. The van der Waals surface area contributed by atoms with Gasteiger partial charge in [-0.25, -0.2) is 13.2 Å². The predicted molar refractivity (Wildman–Crippen MR) is 64.5 cm³/mol. The van der Waals surface area contributed by atoms with Crippen LogP contribution in [0.15, 0.2) is 24.3 Å². The smallest absolute Gasteiger partial charge is 0.291 e. The van der Waals surface area contributed by atoms with Gasteiger partial charge in [-0.05, 0) is 24.6 Å². The second-order valence-corrected chi connectivity index (χ2v) is 3.49. The van der Waals surface area contributed by atoms with E-state index in [2.05, 4.69) is 0 Å². The van der Waals surface area contributed by atoms with E-state index < -0.39 is 23.9 Å². The second-order valence-electron chi connectivity index (χ2n) is 3.49. The van der Waals surface area contributed by atoms with Crippen LogP contribution in [0.25, 0.3) is 0 Å². The molecule has 1 atom stereocenters. The molecule has 1 rings (SSSR count). The van der Waals surface area contributed by atoms with Crippen LogP contribution in [0.5, 0.6) is 0 Å². The lowest BCUT2D eigenvalue weighted by Crippen LogP contribution is -2.48. The van der Waals surface area contributed by atoms with Crippen LogP contribution in [0.3, 0.4) is 0 Å². The molecule has 0 bridgehead atoms. The Morgan fingerprint density at radius 2 is 1.59 bits per heavy atom. The number of rotatable bonds is 3. The highest BCUT2D eigenvalue weighted by Crippen LogP contribution is 2.36. The summed E-state index contributed by atoms with van der Waals surface area (Å²) in [6.45, 7) is -0.0233. The van der Waals surface area contributed by atoms with Crippen molar-refractivity contribution in [2.24, 2.45) is 5.73 Å².